The quantitative estimate of drug-likeness (QED) is 0.232. The SMILES string of the molecule is O=C(O)Nc1nc2c(-c3c(F)cc4c(OCC(F)(F)F)nc(OCC56CCCN5CCC6)nc4c3F)ccc(F)c2s1. The first-order valence-electron chi connectivity index (χ1n) is 12.8. The van der Waals surface area contributed by atoms with E-state index in [-0.39, 0.29) is 33.1 Å². The van der Waals surface area contributed by atoms with Gasteiger partial charge in [0, 0.05) is 5.56 Å². The van der Waals surface area contributed by atoms with E-state index in [1.165, 1.54) is 0 Å². The van der Waals surface area contributed by atoms with E-state index in [9.17, 15) is 22.4 Å². The van der Waals surface area contributed by atoms with Gasteiger partial charge >= 0.3 is 18.3 Å². The molecule has 0 spiro atoms. The average Bonchev–Trinajstić information content (AvgIpc) is 3.62. The minimum atomic E-state index is -4.77. The van der Waals surface area contributed by atoms with Crippen LogP contribution in [0.5, 0.6) is 11.9 Å². The van der Waals surface area contributed by atoms with Crippen molar-refractivity contribution in [3.05, 3.63) is 35.7 Å². The number of alkyl halides is 3. The van der Waals surface area contributed by atoms with Gasteiger partial charge < -0.3 is 14.6 Å². The number of anilines is 1. The molecule has 9 nitrogen and oxygen atoms in total. The third kappa shape index (κ3) is 5.12. The Balaban J connectivity index is 1.47. The van der Waals surface area contributed by atoms with E-state index in [0.29, 0.717) is 11.3 Å². The number of benzene rings is 2. The number of nitrogens with one attached hydrogen (secondary N) is 1. The predicted octanol–water partition coefficient (Wildman–Crippen LogP) is 6.36. The molecule has 16 heteroatoms. The summed E-state index contributed by atoms with van der Waals surface area (Å²) in [7, 11) is 0. The van der Waals surface area contributed by atoms with E-state index < -0.39 is 64.7 Å². The molecule has 6 rings (SSSR count). The maximum absolute atomic E-state index is 16.2. The minimum Gasteiger partial charge on any atom is -0.467 e. The van der Waals surface area contributed by atoms with Crippen molar-refractivity contribution in [1.29, 1.82) is 0 Å². The fraction of sp³-hybridized carbons (Fsp3) is 0.385. The first kappa shape index (κ1) is 28.2. The molecular formula is C26H21F6N5O4S. The number of carboxylic acid groups (broad SMARTS) is 1. The average molecular weight is 614 g/mol. The maximum atomic E-state index is 16.2. The van der Waals surface area contributed by atoms with Gasteiger partial charge in [-0.25, -0.2) is 22.9 Å². The largest absolute Gasteiger partial charge is 0.467 e. The van der Waals surface area contributed by atoms with Crippen LogP contribution in [0.4, 0.5) is 36.3 Å². The number of amides is 1. The number of carbonyl (C=O) groups is 1. The zero-order valence-corrected chi connectivity index (χ0v) is 22.3. The third-order valence-electron chi connectivity index (χ3n) is 7.46. The molecule has 0 saturated carbocycles. The van der Waals surface area contributed by atoms with E-state index in [1.54, 1.807) is 0 Å². The number of nitrogens with zero attached hydrogens (tertiary/aromatic N) is 4. The van der Waals surface area contributed by atoms with Gasteiger partial charge in [-0.2, -0.15) is 23.1 Å². The van der Waals surface area contributed by atoms with E-state index in [2.05, 4.69) is 19.9 Å². The van der Waals surface area contributed by atoms with Crippen LogP contribution in [-0.2, 0) is 0 Å². The number of aromatic nitrogens is 3. The van der Waals surface area contributed by atoms with Gasteiger partial charge in [0.05, 0.1) is 26.7 Å². The molecule has 2 saturated heterocycles. The summed E-state index contributed by atoms with van der Waals surface area (Å²) >= 11 is 0.617. The summed E-state index contributed by atoms with van der Waals surface area (Å²) in [5.74, 6) is -4.08. The third-order valence-corrected chi connectivity index (χ3v) is 8.44. The Morgan fingerprint density at radius 3 is 2.48 bits per heavy atom. The zero-order chi connectivity index (χ0) is 29.8. The van der Waals surface area contributed by atoms with Gasteiger partial charge in [-0.3, -0.25) is 10.2 Å². The summed E-state index contributed by atoms with van der Waals surface area (Å²) in [6, 6.07) is 2.26. The fourth-order valence-corrected chi connectivity index (χ4v) is 6.59. The molecule has 4 aromatic rings. The Morgan fingerprint density at radius 2 is 1.79 bits per heavy atom. The van der Waals surface area contributed by atoms with E-state index in [4.69, 9.17) is 14.6 Å². The number of fused-ring (bicyclic) bond motifs is 3. The van der Waals surface area contributed by atoms with Crippen molar-refractivity contribution >= 4 is 43.7 Å². The van der Waals surface area contributed by atoms with Crippen molar-refractivity contribution < 1.29 is 45.7 Å². The van der Waals surface area contributed by atoms with Gasteiger partial charge in [0.25, 0.3) is 0 Å². The molecule has 2 aliphatic heterocycles. The fourth-order valence-electron chi connectivity index (χ4n) is 5.70. The van der Waals surface area contributed by atoms with Gasteiger partial charge in [0.1, 0.15) is 23.8 Å². The lowest BCUT2D eigenvalue weighted by atomic mass is 9.95. The van der Waals surface area contributed by atoms with Crippen LogP contribution in [0.15, 0.2) is 18.2 Å². The molecule has 2 aromatic carbocycles. The summed E-state index contributed by atoms with van der Waals surface area (Å²) in [4.78, 5) is 25.3. The molecule has 2 aliphatic rings. The van der Waals surface area contributed by atoms with Gasteiger partial charge in [-0.15, -0.1) is 0 Å². The lowest BCUT2D eigenvalue weighted by Gasteiger charge is -2.31. The Hall–Kier alpha value is -3.92. The molecule has 0 bridgehead atoms. The summed E-state index contributed by atoms with van der Waals surface area (Å²) < 4.78 is 95.7. The molecule has 2 fully saturated rings. The van der Waals surface area contributed by atoms with Crippen LogP contribution in [0.25, 0.3) is 32.2 Å². The highest BCUT2D eigenvalue weighted by molar-refractivity contribution is 7.22. The first-order chi connectivity index (χ1) is 19.9. The summed E-state index contributed by atoms with van der Waals surface area (Å²) in [5.41, 5.74) is -2.05. The Labute approximate surface area is 237 Å². The lowest BCUT2D eigenvalue weighted by Crippen LogP contribution is -2.43. The van der Waals surface area contributed by atoms with E-state index in [0.717, 1.165) is 57.0 Å². The summed E-state index contributed by atoms with van der Waals surface area (Å²) in [6.07, 6.45) is -2.66. The molecule has 222 valence electrons. The Bertz CT molecular complexity index is 1700. The maximum Gasteiger partial charge on any atom is 0.422 e. The topological polar surface area (TPSA) is 110 Å². The van der Waals surface area contributed by atoms with Crippen LogP contribution in [0.2, 0.25) is 0 Å². The smallest absolute Gasteiger partial charge is 0.422 e. The van der Waals surface area contributed by atoms with Crippen LogP contribution in [0, 0.1) is 17.5 Å². The van der Waals surface area contributed by atoms with Gasteiger partial charge in [-0.05, 0) is 57.0 Å². The Kier molecular flexibility index (Phi) is 7.00. The lowest BCUT2D eigenvalue weighted by molar-refractivity contribution is -0.153. The van der Waals surface area contributed by atoms with Gasteiger partial charge in [0.2, 0.25) is 5.88 Å². The van der Waals surface area contributed by atoms with Crippen molar-refractivity contribution in [2.45, 2.75) is 37.4 Å². The van der Waals surface area contributed by atoms with Crippen molar-refractivity contribution in [2.24, 2.45) is 0 Å². The van der Waals surface area contributed by atoms with Crippen LogP contribution in [0.3, 0.4) is 0 Å². The van der Waals surface area contributed by atoms with Crippen LogP contribution >= 0.6 is 11.3 Å². The van der Waals surface area contributed by atoms with Crippen LogP contribution in [0.1, 0.15) is 25.7 Å². The second-order valence-electron chi connectivity index (χ2n) is 10.1. The monoisotopic (exact) mass is 613 g/mol. The first-order valence-corrected chi connectivity index (χ1v) is 13.6. The number of hydrogen-bond donors (Lipinski definition) is 2. The molecule has 0 atom stereocenters. The molecule has 1 amide bonds. The van der Waals surface area contributed by atoms with Gasteiger partial charge in [0.15, 0.2) is 17.6 Å². The number of hydrogen-bond acceptors (Lipinski definition) is 8. The summed E-state index contributed by atoms with van der Waals surface area (Å²) in [6.45, 7) is 0.0961. The molecule has 4 heterocycles. The van der Waals surface area contributed by atoms with Crippen LogP contribution < -0.4 is 14.8 Å². The van der Waals surface area contributed by atoms with Crippen molar-refractivity contribution in [3.8, 4) is 23.0 Å². The van der Waals surface area contributed by atoms with E-state index in [1.807, 2.05) is 5.32 Å². The second kappa shape index (κ2) is 10.4. The predicted molar refractivity (Wildman–Crippen MR) is 139 cm³/mol. The second-order valence-corrected chi connectivity index (χ2v) is 11.1. The molecule has 42 heavy (non-hydrogen) atoms. The minimum absolute atomic E-state index is 0.115. The van der Waals surface area contributed by atoms with Crippen molar-refractivity contribution in [3.63, 3.8) is 0 Å². The molecule has 0 radical (unpaired) electrons. The standard InChI is InChI=1S/C26H21F6N5O4S/c27-14-4-3-12(19-20(14)42-23(34-19)36-24(38)39)16-15(28)9-13-18(17(16)29)33-22(35-21(13)40-11-26(30,31)32)41-10-25-5-1-7-37(25)8-2-6-25/h3-4,9H,1-2,5-8,10-11H2,(H,34,36)(H,38,39). The highest BCUT2D eigenvalue weighted by Gasteiger charge is 2.45. The van der Waals surface area contributed by atoms with Crippen LogP contribution in [-0.4, -0.2) is 69.1 Å². The van der Waals surface area contributed by atoms with Crippen molar-refractivity contribution in [1.82, 2.24) is 19.9 Å². The van der Waals surface area contributed by atoms with E-state index >= 15 is 8.78 Å². The molecule has 2 N–H and O–H groups in total. The summed E-state index contributed by atoms with van der Waals surface area (Å²) in [5, 5.41) is 10.3. The molecule has 2 aromatic heterocycles. The number of ether oxygens (including phenoxy) is 2. The number of halogens is 6. The highest BCUT2D eigenvalue weighted by atomic mass is 32.1. The molecule has 0 aliphatic carbocycles. The van der Waals surface area contributed by atoms with Gasteiger partial charge in [-0.1, -0.05) is 11.3 Å². The molecular weight excluding hydrogens is 592 g/mol. The number of thiazole rings is 1. The highest BCUT2D eigenvalue weighted by Crippen LogP contribution is 2.42. The number of rotatable bonds is 7. The zero-order valence-electron chi connectivity index (χ0n) is 21.5. The van der Waals surface area contributed by atoms with Crippen molar-refractivity contribution in [2.75, 3.05) is 31.6 Å². The Morgan fingerprint density at radius 1 is 1.05 bits per heavy atom. The molecule has 0 unspecified atom stereocenters. The normalized spacial score (nSPS) is 16.7.